The van der Waals surface area contributed by atoms with Crippen molar-refractivity contribution in [2.45, 2.75) is 0 Å². The van der Waals surface area contributed by atoms with Crippen LogP contribution in [-0.4, -0.2) is 21.2 Å². The predicted octanol–water partition coefficient (Wildman–Crippen LogP) is 1.37. The summed E-state index contributed by atoms with van der Waals surface area (Å²) >= 11 is 0. The summed E-state index contributed by atoms with van der Waals surface area (Å²) in [4.78, 5) is 11.5. The Morgan fingerprint density at radius 2 is 2.27 bits per heavy atom. The van der Waals surface area contributed by atoms with Crippen LogP contribution in [0.5, 0.6) is 5.75 Å². The van der Waals surface area contributed by atoms with E-state index in [9.17, 15) is 9.90 Å². The number of rotatable bonds is 2. The Labute approximate surface area is 85.8 Å². The molecule has 5 heteroatoms. The number of carbonyl (C=O) groups excluding carboxylic acids is 1. The lowest BCUT2D eigenvalue weighted by atomic mass is 10.3. The van der Waals surface area contributed by atoms with E-state index in [0.717, 1.165) is 0 Å². The lowest BCUT2D eigenvalue weighted by molar-refractivity contribution is 0.102. The molecular weight excluding hydrogens is 194 g/mol. The third kappa shape index (κ3) is 2.14. The quantitative estimate of drug-likeness (QED) is 0.689. The number of hydrogen-bond acceptors (Lipinski definition) is 3. The highest BCUT2D eigenvalue weighted by Crippen LogP contribution is 2.15. The van der Waals surface area contributed by atoms with Gasteiger partial charge in [-0.3, -0.25) is 9.89 Å². The molecule has 2 aromatic rings. The minimum Gasteiger partial charge on any atom is -0.508 e. The van der Waals surface area contributed by atoms with Crippen LogP contribution in [0.3, 0.4) is 0 Å². The summed E-state index contributed by atoms with van der Waals surface area (Å²) in [6.07, 6.45) is 1.50. The molecule has 2 rings (SSSR count). The van der Waals surface area contributed by atoms with Gasteiger partial charge >= 0.3 is 0 Å². The second-order valence-electron chi connectivity index (χ2n) is 2.97. The molecule has 0 fully saturated rings. The minimum atomic E-state index is -0.293. The van der Waals surface area contributed by atoms with E-state index in [1.54, 1.807) is 18.2 Å². The van der Waals surface area contributed by atoms with Crippen LogP contribution in [0.25, 0.3) is 0 Å². The van der Waals surface area contributed by atoms with Crippen molar-refractivity contribution in [2.75, 3.05) is 5.32 Å². The second-order valence-corrected chi connectivity index (χ2v) is 2.97. The Morgan fingerprint density at radius 3 is 2.93 bits per heavy atom. The van der Waals surface area contributed by atoms with Crippen LogP contribution in [0.15, 0.2) is 36.5 Å². The van der Waals surface area contributed by atoms with E-state index < -0.39 is 0 Å². The standard InChI is InChI=1S/C10H9N3O2/c14-8-3-1-2-7(6-8)12-10(15)9-4-5-11-13-9/h1-6,14H,(H,11,13)(H,12,15). The number of phenols is 1. The first-order valence-corrected chi connectivity index (χ1v) is 4.35. The van der Waals surface area contributed by atoms with Crippen LogP contribution < -0.4 is 5.32 Å². The van der Waals surface area contributed by atoms with Gasteiger partial charge in [0.1, 0.15) is 11.4 Å². The molecule has 0 bridgehead atoms. The van der Waals surface area contributed by atoms with E-state index in [0.29, 0.717) is 11.4 Å². The number of aromatic amines is 1. The number of nitrogens with one attached hydrogen (secondary N) is 2. The average molecular weight is 203 g/mol. The molecule has 0 aliphatic rings. The zero-order valence-electron chi connectivity index (χ0n) is 7.77. The molecule has 0 spiro atoms. The van der Waals surface area contributed by atoms with Crippen molar-refractivity contribution in [1.29, 1.82) is 0 Å². The Bertz CT molecular complexity index is 465. The summed E-state index contributed by atoms with van der Waals surface area (Å²) in [6, 6.07) is 7.91. The highest BCUT2D eigenvalue weighted by molar-refractivity contribution is 6.02. The number of amides is 1. The van der Waals surface area contributed by atoms with Gasteiger partial charge in [-0.25, -0.2) is 0 Å². The van der Waals surface area contributed by atoms with Crippen LogP contribution >= 0.6 is 0 Å². The molecule has 0 aliphatic carbocycles. The van der Waals surface area contributed by atoms with Crippen molar-refractivity contribution in [3.63, 3.8) is 0 Å². The van der Waals surface area contributed by atoms with Crippen molar-refractivity contribution >= 4 is 11.6 Å². The number of nitrogens with zero attached hydrogens (tertiary/aromatic N) is 1. The van der Waals surface area contributed by atoms with E-state index in [4.69, 9.17) is 0 Å². The zero-order valence-corrected chi connectivity index (χ0v) is 7.77. The topological polar surface area (TPSA) is 78.0 Å². The summed E-state index contributed by atoms with van der Waals surface area (Å²) in [5, 5.41) is 18.0. The molecule has 1 heterocycles. The van der Waals surface area contributed by atoms with Gasteiger partial charge in [0.25, 0.3) is 5.91 Å². The number of aromatic hydroxyl groups is 1. The maximum absolute atomic E-state index is 11.5. The van der Waals surface area contributed by atoms with Crippen molar-refractivity contribution in [3.8, 4) is 5.75 Å². The average Bonchev–Trinajstić information content (AvgIpc) is 2.70. The smallest absolute Gasteiger partial charge is 0.273 e. The molecule has 0 saturated carbocycles. The fourth-order valence-electron chi connectivity index (χ4n) is 1.16. The maximum atomic E-state index is 11.5. The van der Waals surface area contributed by atoms with Crippen LogP contribution in [0.1, 0.15) is 10.5 Å². The number of hydrogen-bond donors (Lipinski definition) is 3. The van der Waals surface area contributed by atoms with E-state index in [1.807, 2.05) is 0 Å². The lowest BCUT2D eigenvalue weighted by Gasteiger charge is -2.03. The molecule has 0 saturated heterocycles. The van der Waals surface area contributed by atoms with Crippen LogP contribution in [0.2, 0.25) is 0 Å². The van der Waals surface area contributed by atoms with E-state index in [-0.39, 0.29) is 11.7 Å². The summed E-state index contributed by atoms with van der Waals surface area (Å²) in [5.41, 5.74) is 0.910. The van der Waals surface area contributed by atoms with Gasteiger partial charge < -0.3 is 10.4 Å². The molecule has 3 N–H and O–H groups in total. The van der Waals surface area contributed by atoms with Gasteiger partial charge in [0.15, 0.2) is 0 Å². The highest BCUT2D eigenvalue weighted by Gasteiger charge is 2.06. The Morgan fingerprint density at radius 1 is 1.40 bits per heavy atom. The second kappa shape index (κ2) is 3.83. The number of aromatic nitrogens is 2. The summed E-state index contributed by atoms with van der Waals surface area (Å²) in [6.45, 7) is 0. The third-order valence-electron chi connectivity index (χ3n) is 1.85. The SMILES string of the molecule is O=C(Nc1cccc(O)c1)c1ccn[nH]1. The van der Waals surface area contributed by atoms with Gasteiger partial charge in [-0.05, 0) is 18.2 Å². The molecule has 0 atom stereocenters. The van der Waals surface area contributed by atoms with Gasteiger partial charge in [0.2, 0.25) is 0 Å². The number of anilines is 1. The van der Waals surface area contributed by atoms with Gasteiger partial charge in [-0.2, -0.15) is 5.10 Å². The first-order valence-electron chi connectivity index (χ1n) is 4.35. The van der Waals surface area contributed by atoms with Crippen molar-refractivity contribution in [2.24, 2.45) is 0 Å². The summed E-state index contributed by atoms with van der Waals surface area (Å²) < 4.78 is 0. The van der Waals surface area contributed by atoms with E-state index in [2.05, 4.69) is 15.5 Å². The number of H-pyrrole nitrogens is 1. The van der Waals surface area contributed by atoms with Gasteiger partial charge in [0, 0.05) is 18.0 Å². The maximum Gasteiger partial charge on any atom is 0.273 e. The molecule has 0 aliphatic heterocycles. The van der Waals surface area contributed by atoms with Gasteiger partial charge in [-0.1, -0.05) is 6.07 Å². The molecule has 1 aromatic carbocycles. The fourth-order valence-corrected chi connectivity index (χ4v) is 1.16. The molecule has 76 valence electrons. The third-order valence-corrected chi connectivity index (χ3v) is 1.85. The fraction of sp³-hybridized carbons (Fsp3) is 0. The number of benzene rings is 1. The van der Waals surface area contributed by atoms with Gasteiger partial charge in [-0.15, -0.1) is 0 Å². The first kappa shape index (κ1) is 9.26. The summed E-state index contributed by atoms with van der Waals surface area (Å²) in [7, 11) is 0. The van der Waals surface area contributed by atoms with Crippen molar-refractivity contribution in [1.82, 2.24) is 10.2 Å². The van der Waals surface area contributed by atoms with Crippen molar-refractivity contribution in [3.05, 3.63) is 42.2 Å². The Kier molecular flexibility index (Phi) is 2.37. The predicted molar refractivity (Wildman–Crippen MR) is 54.6 cm³/mol. The zero-order chi connectivity index (χ0) is 10.7. The molecule has 0 radical (unpaired) electrons. The normalized spacial score (nSPS) is 9.87. The lowest BCUT2D eigenvalue weighted by Crippen LogP contribution is -2.12. The Balaban J connectivity index is 2.13. The molecular formula is C10H9N3O2. The largest absolute Gasteiger partial charge is 0.508 e. The number of phenolic OH excluding ortho intramolecular Hbond substituents is 1. The van der Waals surface area contributed by atoms with Crippen LogP contribution in [0, 0.1) is 0 Å². The molecule has 0 unspecified atom stereocenters. The van der Waals surface area contributed by atoms with Crippen LogP contribution in [-0.2, 0) is 0 Å². The first-order chi connectivity index (χ1) is 7.25. The van der Waals surface area contributed by atoms with Gasteiger partial charge in [0.05, 0.1) is 0 Å². The molecule has 1 amide bonds. The minimum absolute atomic E-state index is 0.109. The number of carbonyl (C=O) groups is 1. The molecule has 5 nitrogen and oxygen atoms in total. The highest BCUT2D eigenvalue weighted by atomic mass is 16.3. The molecule has 1 aromatic heterocycles. The molecule has 15 heavy (non-hydrogen) atoms. The van der Waals surface area contributed by atoms with E-state index >= 15 is 0 Å². The Hall–Kier alpha value is -2.30. The van der Waals surface area contributed by atoms with Crippen molar-refractivity contribution < 1.29 is 9.90 Å². The van der Waals surface area contributed by atoms with Crippen LogP contribution in [0.4, 0.5) is 5.69 Å². The summed E-state index contributed by atoms with van der Waals surface area (Å²) in [5.74, 6) is -0.185. The van der Waals surface area contributed by atoms with E-state index in [1.165, 1.54) is 18.3 Å². The monoisotopic (exact) mass is 203 g/mol.